The molecule has 1 saturated carbocycles. The molecule has 1 aliphatic carbocycles. The molecular weight excluding hydrogens is 404 g/mol. The van der Waals surface area contributed by atoms with Crippen molar-refractivity contribution in [1.29, 1.82) is 0 Å². The van der Waals surface area contributed by atoms with E-state index in [1.165, 1.54) is 0 Å². The molecule has 6 heteroatoms. The Kier molecular flexibility index (Phi) is 8.96. The summed E-state index contributed by atoms with van der Waals surface area (Å²) in [5.74, 6) is 1.06. The van der Waals surface area contributed by atoms with Crippen LogP contribution in [-0.2, 0) is 9.59 Å². The van der Waals surface area contributed by atoms with Crippen LogP contribution in [0.2, 0.25) is 0 Å². The molecule has 2 N–H and O–H groups in total. The van der Waals surface area contributed by atoms with Gasteiger partial charge in [0.25, 0.3) is 11.8 Å². The van der Waals surface area contributed by atoms with Crippen molar-refractivity contribution in [2.24, 2.45) is 0 Å². The lowest BCUT2D eigenvalue weighted by Gasteiger charge is -2.34. The minimum atomic E-state index is -0.569. The topological polar surface area (TPSA) is 76.7 Å². The zero-order chi connectivity index (χ0) is 22.8. The van der Waals surface area contributed by atoms with Crippen LogP contribution < -0.4 is 20.1 Å². The van der Waals surface area contributed by atoms with Crippen LogP contribution in [0.15, 0.2) is 60.7 Å². The van der Waals surface area contributed by atoms with E-state index in [0.29, 0.717) is 24.3 Å². The van der Waals surface area contributed by atoms with Crippen molar-refractivity contribution in [3.63, 3.8) is 0 Å². The number of para-hydroxylation sites is 2. The molecule has 0 bridgehead atoms. The van der Waals surface area contributed by atoms with E-state index in [1.807, 2.05) is 74.5 Å². The maximum absolute atomic E-state index is 12.9. The molecule has 4 atom stereocenters. The number of hydrogen-bond acceptors (Lipinski definition) is 4. The molecule has 0 radical (unpaired) electrons. The Morgan fingerprint density at radius 3 is 1.47 bits per heavy atom. The fourth-order valence-electron chi connectivity index (χ4n) is 4.00. The number of ether oxygens (including phenoxy) is 2. The summed E-state index contributed by atoms with van der Waals surface area (Å²) in [7, 11) is 0. The molecule has 2 aromatic rings. The molecule has 4 unspecified atom stereocenters. The van der Waals surface area contributed by atoms with Crippen LogP contribution in [-0.4, -0.2) is 36.1 Å². The van der Waals surface area contributed by atoms with Gasteiger partial charge >= 0.3 is 0 Å². The number of amides is 2. The molecule has 2 amide bonds. The van der Waals surface area contributed by atoms with Gasteiger partial charge in [-0.3, -0.25) is 9.59 Å². The smallest absolute Gasteiger partial charge is 0.261 e. The molecular formula is C26H34N2O4. The van der Waals surface area contributed by atoms with Gasteiger partial charge in [-0.1, -0.05) is 63.1 Å². The van der Waals surface area contributed by atoms with E-state index in [9.17, 15) is 9.59 Å². The van der Waals surface area contributed by atoms with Crippen molar-refractivity contribution in [3.05, 3.63) is 60.7 Å². The first-order valence-corrected chi connectivity index (χ1v) is 11.6. The van der Waals surface area contributed by atoms with Gasteiger partial charge < -0.3 is 20.1 Å². The Labute approximate surface area is 190 Å². The first kappa shape index (κ1) is 23.6. The van der Waals surface area contributed by atoms with Crippen LogP contribution in [0.4, 0.5) is 0 Å². The fourth-order valence-corrected chi connectivity index (χ4v) is 4.00. The van der Waals surface area contributed by atoms with Gasteiger partial charge in [-0.2, -0.15) is 0 Å². The molecule has 0 aliphatic heterocycles. The van der Waals surface area contributed by atoms with Crippen molar-refractivity contribution in [2.75, 3.05) is 0 Å². The number of hydrogen-bond donors (Lipinski definition) is 2. The fraction of sp³-hybridized carbons (Fsp3) is 0.462. The van der Waals surface area contributed by atoms with Gasteiger partial charge in [0, 0.05) is 12.1 Å². The highest BCUT2D eigenvalue weighted by Crippen LogP contribution is 2.21. The monoisotopic (exact) mass is 438 g/mol. The summed E-state index contributed by atoms with van der Waals surface area (Å²) in [6.45, 7) is 3.86. The van der Waals surface area contributed by atoms with Crippen LogP contribution >= 0.6 is 0 Å². The first-order chi connectivity index (χ1) is 15.6. The molecule has 0 saturated heterocycles. The number of nitrogens with one attached hydrogen (secondary N) is 2. The molecule has 2 aromatic carbocycles. The Morgan fingerprint density at radius 1 is 0.750 bits per heavy atom. The zero-order valence-electron chi connectivity index (χ0n) is 19.0. The number of benzene rings is 2. The van der Waals surface area contributed by atoms with Crippen LogP contribution in [0.1, 0.15) is 52.4 Å². The predicted molar refractivity (Wildman–Crippen MR) is 125 cm³/mol. The van der Waals surface area contributed by atoms with E-state index in [4.69, 9.17) is 9.47 Å². The van der Waals surface area contributed by atoms with Crippen LogP contribution in [0, 0.1) is 0 Å². The maximum atomic E-state index is 12.9. The molecule has 1 aliphatic rings. The van der Waals surface area contributed by atoms with Gasteiger partial charge in [-0.05, 0) is 49.9 Å². The summed E-state index contributed by atoms with van der Waals surface area (Å²) in [5.41, 5.74) is 0. The quantitative estimate of drug-likeness (QED) is 0.582. The lowest BCUT2D eigenvalue weighted by molar-refractivity contribution is -0.132. The zero-order valence-corrected chi connectivity index (χ0v) is 19.0. The molecule has 0 spiro atoms. The minimum absolute atomic E-state index is 0.122. The standard InChI is InChI=1S/C26H34N2O4/c1-3-23(31-19-13-7-5-8-14-19)25(29)27-21-17-11-12-18-22(21)28-26(30)24(4-2)32-20-15-9-6-10-16-20/h5-10,13-16,21-24H,3-4,11-12,17-18H2,1-2H3,(H,27,29)(H,28,30). The highest BCUT2D eigenvalue weighted by atomic mass is 16.5. The number of rotatable bonds is 10. The van der Waals surface area contributed by atoms with Crippen molar-refractivity contribution < 1.29 is 19.1 Å². The second-order valence-corrected chi connectivity index (χ2v) is 8.17. The minimum Gasteiger partial charge on any atom is -0.481 e. The third-order valence-electron chi connectivity index (χ3n) is 5.79. The normalized spacial score (nSPS) is 19.9. The Hall–Kier alpha value is -3.02. The summed E-state index contributed by atoms with van der Waals surface area (Å²) in [5, 5.41) is 6.27. The van der Waals surface area contributed by atoms with Crippen molar-refractivity contribution >= 4 is 11.8 Å². The van der Waals surface area contributed by atoms with E-state index < -0.39 is 12.2 Å². The first-order valence-electron chi connectivity index (χ1n) is 11.6. The second-order valence-electron chi connectivity index (χ2n) is 8.17. The van der Waals surface area contributed by atoms with Gasteiger partial charge in [0.15, 0.2) is 12.2 Å². The van der Waals surface area contributed by atoms with Crippen LogP contribution in [0.5, 0.6) is 11.5 Å². The van der Waals surface area contributed by atoms with Gasteiger partial charge in [0.2, 0.25) is 0 Å². The SMILES string of the molecule is CCC(Oc1ccccc1)C(=O)NC1CCCCC1NC(=O)C(CC)Oc1ccccc1. The van der Waals surface area contributed by atoms with Crippen LogP contribution in [0.3, 0.4) is 0 Å². The summed E-state index contributed by atoms with van der Waals surface area (Å²) in [6.07, 6.45) is 3.68. The highest BCUT2D eigenvalue weighted by molar-refractivity contribution is 5.83. The summed E-state index contributed by atoms with van der Waals surface area (Å²) < 4.78 is 11.8. The molecule has 1 fully saturated rings. The van der Waals surface area contributed by atoms with Crippen LogP contribution in [0.25, 0.3) is 0 Å². The Bertz CT molecular complexity index is 772. The van der Waals surface area contributed by atoms with Crippen molar-refractivity contribution in [2.45, 2.75) is 76.7 Å². The van der Waals surface area contributed by atoms with Gasteiger partial charge in [-0.25, -0.2) is 0 Å². The summed E-state index contributed by atoms with van der Waals surface area (Å²) in [6, 6.07) is 18.5. The average Bonchev–Trinajstić information content (AvgIpc) is 2.83. The van der Waals surface area contributed by atoms with E-state index in [2.05, 4.69) is 10.6 Å². The highest BCUT2D eigenvalue weighted by Gasteiger charge is 2.32. The lowest BCUT2D eigenvalue weighted by Crippen LogP contribution is -2.57. The van der Waals surface area contributed by atoms with Gasteiger partial charge in [0.05, 0.1) is 0 Å². The summed E-state index contributed by atoms with van der Waals surface area (Å²) in [4.78, 5) is 25.9. The molecule has 172 valence electrons. The second kappa shape index (κ2) is 12.1. The lowest BCUT2D eigenvalue weighted by atomic mass is 9.89. The maximum Gasteiger partial charge on any atom is 0.261 e. The predicted octanol–water partition coefficient (Wildman–Crippen LogP) is 4.25. The molecule has 32 heavy (non-hydrogen) atoms. The molecule has 3 rings (SSSR count). The van der Waals surface area contributed by atoms with Crippen molar-refractivity contribution in [1.82, 2.24) is 10.6 Å². The number of carbonyl (C=O) groups excluding carboxylic acids is 2. The van der Waals surface area contributed by atoms with Gasteiger partial charge in [0.1, 0.15) is 11.5 Å². The van der Waals surface area contributed by atoms with E-state index in [1.54, 1.807) is 0 Å². The third-order valence-corrected chi connectivity index (χ3v) is 5.79. The molecule has 0 heterocycles. The van der Waals surface area contributed by atoms with E-state index in [-0.39, 0.29) is 23.9 Å². The van der Waals surface area contributed by atoms with E-state index >= 15 is 0 Å². The van der Waals surface area contributed by atoms with Crippen molar-refractivity contribution in [3.8, 4) is 11.5 Å². The number of carbonyl (C=O) groups is 2. The third kappa shape index (κ3) is 6.74. The largest absolute Gasteiger partial charge is 0.481 e. The summed E-state index contributed by atoms with van der Waals surface area (Å²) >= 11 is 0. The Balaban J connectivity index is 1.59. The molecule has 0 aromatic heterocycles. The Morgan fingerprint density at radius 2 is 1.12 bits per heavy atom. The van der Waals surface area contributed by atoms with E-state index in [0.717, 1.165) is 25.7 Å². The molecule has 6 nitrogen and oxygen atoms in total. The van der Waals surface area contributed by atoms with Gasteiger partial charge in [-0.15, -0.1) is 0 Å². The average molecular weight is 439 g/mol.